The van der Waals surface area contributed by atoms with E-state index >= 15 is 0 Å². The summed E-state index contributed by atoms with van der Waals surface area (Å²) in [5.41, 5.74) is 1.10. The van der Waals surface area contributed by atoms with Crippen LogP contribution < -0.4 is 14.2 Å². The molecule has 2 aromatic carbocycles. The highest BCUT2D eigenvalue weighted by Gasteiger charge is 2.17. The summed E-state index contributed by atoms with van der Waals surface area (Å²) in [4.78, 5) is 11.4. The topological polar surface area (TPSA) is 90.9 Å². The Morgan fingerprint density at radius 3 is 2.16 bits per heavy atom. The smallest absolute Gasteiger partial charge is 0.337 e. The Bertz CT molecular complexity index is 846. The number of esters is 1. The van der Waals surface area contributed by atoms with Crippen LogP contribution in [-0.2, 0) is 21.3 Å². The first-order valence-corrected chi connectivity index (χ1v) is 8.78. The van der Waals surface area contributed by atoms with Crippen LogP contribution >= 0.6 is 0 Å². The van der Waals surface area contributed by atoms with Gasteiger partial charge in [0.25, 0.3) is 0 Å². The lowest BCUT2D eigenvalue weighted by Gasteiger charge is -2.11. The number of carbonyl (C=O) groups is 1. The Balaban J connectivity index is 2.12. The number of carbonyl (C=O) groups excluding carboxylic acids is 1. The van der Waals surface area contributed by atoms with Crippen LogP contribution in [0.3, 0.4) is 0 Å². The minimum Gasteiger partial charge on any atom is -0.493 e. The molecule has 0 bridgehead atoms. The molecular formula is C17H19NO6S. The second-order valence-electron chi connectivity index (χ2n) is 5.03. The minimum atomic E-state index is -3.72. The Hall–Kier alpha value is -2.58. The number of hydrogen-bond donors (Lipinski definition) is 1. The van der Waals surface area contributed by atoms with Crippen molar-refractivity contribution in [2.24, 2.45) is 0 Å². The summed E-state index contributed by atoms with van der Waals surface area (Å²) in [5, 5.41) is 0. The van der Waals surface area contributed by atoms with Crippen LogP contribution in [-0.4, -0.2) is 35.7 Å². The van der Waals surface area contributed by atoms with Gasteiger partial charge in [-0.1, -0.05) is 12.1 Å². The van der Waals surface area contributed by atoms with E-state index in [-0.39, 0.29) is 11.4 Å². The fourth-order valence-electron chi connectivity index (χ4n) is 2.12. The first-order valence-electron chi connectivity index (χ1n) is 7.30. The van der Waals surface area contributed by atoms with Crippen LogP contribution in [0, 0.1) is 0 Å². The zero-order chi connectivity index (χ0) is 18.4. The van der Waals surface area contributed by atoms with E-state index in [2.05, 4.69) is 9.46 Å². The lowest BCUT2D eigenvalue weighted by molar-refractivity contribution is 0.0600. The van der Waals surface area contributed by atoms with Gasteiger partial charge < -0.3 is 14.2 Å². The van der Waals surface area contributed by atoms with Gasteiger partial charge in [-0.3, -0.25) is 0 Å². The van der Waals surface area contributed by atoms with Gasteiger partial charge in [0.05, 0.1) is 31.8 Å². The summed E-state index contributed by atoms with van der Waals surface area (Å²) in [6, 6.07) is 10.8. The molecule has 25 heavy (non-hydrogen) atoms. The molecule has 0 aliphatic carbocycles. The predicted octanol–water partition coefficient (Wildman–Crippen LogP) is 1.97. The number of sulfonamides is 1. The van der Waals surface area contributed by atoms with Crippen LogP contribution in [0.15, 0.2) is 47.4 Å². The van der Waals surface area contributed by atoms with Gasteiger partial charge in [-0.05, 0) is 29.8 Å². The molecule has 2 rings (SSSR count). The van der Waals surface area contributed by atoms with E-state index in [1.807, 2.05) is 0 Å². The zero-order valence-corrected chi connectivity index (χ0v) is 14.9. The molecule has 0 radical (unpaired) electrons. The molecule has 0 heterocycles. The van der Waals surface area contributed by atoms with Gasteiger partial charge in [-0.15, -0.1) is 0 Å². The first kappa shape index (κ1) is 18.8. The fourth-order valence-corrected chi connectivity index (χ4v) is 3.15. The SMILES string of the molecule is COC(=O)c1ccc(CNS(=O)(=O)c2ccc(OC)c(OC)c2)cc1. The molecule has 0 fully saturated rings. The van der Waals surface area contributed by atoms with Crippen molar-refractivity contribution >= 4 is 16.0 Å². The average molecular weight is 365 g/mol. The van der Waals surface area contributed by atoms with E-state index < -0.39 is 16.0 Å². The van der Waals surface area contributed by atoms with Crippen LogP contribution in [0.2, 0.25) is 0 Å². The quantitative estimate of drug-likeness (QED) is 0.755. The highest BCUT2D eigenvalue weighted by Crippen LogP contribution is 2.29. The van der Waals surface area contributed by atoms with Gasteiger partial charge in [-0.2, -0.15) is 0 Å². The number of nitrogens with one attached hydrogen (secondary N) is 1. The van der Waals surface area contributed by atoms with Crippen molar-refractivity contribution in [1.29, 1.82) is 0 Å². The fraction of sp³-hybridized carbons (Fsp3) is 0.235. The molecule has 134 valence electrons. The molecule has 0 saturated heterocycles. The number of rotatable bonds is 7. The minimum absolute atomic E-state index is 0.0660. The highest BCUT2D eigenvalue weighted by molar-refractivity contribution is 7.89. The van der Waals surface area contributed by atoms with Crippen molar-refractivity contribution in [1.82, 2.24) is 4.72 Å². The Morgan fingerprint density at radius 1 is 0.960 bits per heavy atom. The molecule has 0 aromatic heterocycles. The van der Waals surface area contributed by atoms with E-state index in [4.69, 9.17) is 9.47 Å². The standard InChI is InChI=1S/C17H19NO6S/c1-22-15-9-8-14(10-16(15)23-2)25(20,21)18-11-12-4-6-13(7-5-12)17(19)24-3/h4-10,18H,11H2,1-3H3. The highest BCUT2D eigenvalue weighted by atomic mass is 32.2. The molecule has 0 atom stereocenters. The number of methoxy groups -OCH3 is 3. The summed E-state index contributed by atoms with van der Waals surface area (Å²) in [6.07, 6.45) is 0. The number of hydrogen-bond acceptors (Lipinski definition) is 6. The van der Waals surface area contributed by atoms with Crippen LogP contribution in [0.25, 0.3) is 0 Å². The van der Waals surface area contributed by atoms with E-state index in [0.717, 1.165) is 0 Å². The molecule has 0 spiro atoms. The second kappa shape index (κ2) is 8.00. The van der Waals surface area contributed by atoms with Crippen molar-refractivity contribution in [3.63, 3.8) is 0 Å². The van der Waals surface area contributed by atoms with Crippen molar-refractivity contribution < 1.29 is 27.4 Å². The van der Waals surface area contributed by atoms with Crippen LogP contribution in [0.1, 0.15) is 15.9 Å². The Labute approximate surface area is 146 Å². The van der Waals surface area contributed by atoms with Crippen molar-refractivity contribution in [2.75, 3.05) is 21.3 Å². The summed E-state index contributed by atoms with van der Waals surface area (Å²) in [7, 11) is 0.484. The van der Waals surface area contributed by atoms with E-state index in [1.54, 1.807) is 24.3 Å². The van der Waals surface area contributed by atoms with Gasteiger partial charge in [0, 0.05) is 12.6 Å². The first-order chi connectivity index (χ1) is 11.9. The monoisotopic (exact) mass is 365 g/mol. The van der Waals surface area contributed by atoms with Gasteiger partial charge in [0.2, 0.25) is 10.0 Å². The van der Waals surface area contributed by atoms with Crippen molar-refractivity contribution in [3.8, 4) is 11.5 Å². The lowest BCUT2D eigenvalue weighted by atomic mass is 10.1. The molecule has 0 amide bonds. The normalized spacial score (nSPS) is 11.0. The van der Waals surface area contributed by atoms with Gasteiger partial charge in [0.15, 0.2) is 11.5 Å². The second-order valence-corrected chi connectivity index (χ2v) is 6.80. The third kappa shape index (κ3) is 4.49. The molecular weight excluding hydrogens is 346 g/mol. The third-order valence-corrected chi connectivity index (χ3v) is 4.91. The molecule has 0 unspecified atom stereocenters. The molecule has 0 saturated carbocycles. The summed E-state index contributed by atoms with van der Waals surface area (Å²) >= 11 is 0. The van der Waals surface area contributed by atoms with Crippen LogP contribution in [0.4, 0.5) is 0 Å². The zero-order valence-electron chi connectivity index (χ0n) is 14.1. The maximum Gasteiger partial charge on any atom is 0.337 e. The predicted molar refractivity (Wildman–Crippen MR) is 91.4 cm³/mol. The maximum atomic E-state index is 12.4. The van der Waals surface area contributed by atoms with Crippen molar-refractivity contribution in [3.05, 3.63) is 53.6 Å². The largest absolute Gasteiger partial charge is 0.493 e. The Kier molecular flexibility index (Phi) is 6.00. The molecule has 7 nitrogen and oxygen atoms in total. The summed E-state index contributed by atoms with van der Waals surface area (Å²) < 4.78 is 42.2. The molecule has 0 aliphatic heterocycles. The Morgan fingerprint density at radius 2 is 1.60 bits per heavy atom. The van der Waals surface area contributed by atoms with E-state index in [9.17, 15) is 13.2 Å². The summed E-state index contributed by atoms with van der Waals surface area (Å²) in [5.74, 6) is 0.324. The molecule has 8 heteroatoms. The number of ether oxygens (including phenoxy) is 3. The average Bonchev–Trinajstić information content (AvgIpc) is 2.65. The third-order valence-electron chi connectivity index (χ3n) is 3.51. The lowest BCUT2D eigenvalue weighted by Crippen LogP contribution is -2.23. The maximum absolute atomic E-state index is 12.4. The van der Waals surface area contributed by atoms with Gasteiger partial charge >= 0.3 is 5.97 Å². The van der Waals surface area contributed by atoms with Gasteiger partial charge in [-0.25, -0.2) is 17.9 Å². The number of benzene rings is 2. The molecule has 0 aliphatic rings. The van der Waals surface area contributed by atoms with Gasteiger partial charge in [0.1, 0.15) is 0 Å². The van der Waals surface area contributed by atoms with E-state index in [0.29, 0.717) is 22.6 Å². The van der Waals surface area contributed by atoms with Crippen molar-refractivity contribution in [2.45, 2.75) is 11.4 Å². The van der Waals surface area contributed by atoms with Crippen LogP contribution in [0.5, 0.6) is 11.5 Å². The van der Waals surface area contributed by atoms with E-state index in [1.165, 1.54) is 39.5 Å². The molecule has 1 N–H and O–H groups in total. The molecule has 2 aromatic rings. The summed E-state index contributed by atoms with van der Waals surface area (Å²) in [6.45, 7) is 0.0815.